The number of carboxylic acids is 2. The standard InChI is InChI=1S/C67H110N4O48/c1-19-37(88)41(92)45(96)59(106-19)114-55-35-57(108-29(13-76)51(55)112-61-47(98)43(94)49(27(11-74)110-61)116-66(63(100)101)7-23(82)33(68-21(3)80)53(118-66)39(90)25(84)9-72)104-17-65(15-78,16-79)18-105-58-36(71-32(87)6-5-31(86)70-35)56(115-60-46(97)42(93)38(89)20(2)107-60)52(30(14-77)109-58)113-62-48(99)44(95)50(28(12-75)111-62)117-67(64(102)103)8-24(83)34(69-22(4)81)54(119-67)40(91)26(85)10-73/h19-20,23-30,33-62,72-79,82-85,88-99H,5-18H2,1-4H3,(H,68,80)(H,69,81)(H,70,86)(H,71,87)(H,100,101)(H,102,103)/t19-,20-,23-,24-,25+,26+,27+,28+,29+,30+,33+,34+,35+,36+,37+,38+,39+,40+,41+,42+,43+,44+,45-,46-,47+,48+,49-,50-,51+,52+,53+,54+,55+,56+,57+,58+,59-,60-,61-,62-,66+,67+/m0/s1. The summed E-state index contributed by atoms with van der Waals surface area (Å²) >= 11 is 0. The number of ether oxygens (including phenoxy) is 16. The van der Waals surface area contributed by atoms with Gasteiger partial charge in [0.1, 0.15) is 171 Å². The largest absolute Gasteiger partial charge is 0.477 e. The Morgan fingerprint density at radius 2 is 0.748 bits per heavy atom. The Hall–Kier alpha value is -4.78. The average molecular weight is 1740 g/mol. The SMILES string of the molecule is CC(=O)N[C@H]1[C@H]([C@H](O)[C@H](O)CO)O[C@@](O[C@@H]2[C@H](O)[C@@H](O)[C@H](O[C@H]3[C@H](O[C@@H]4O[C@@H](C)[C@@H](O)[C@@H](O)[C@@H]4O)[C@H]4NC(=O)CCC(=O)N[C@H]5[C@H](OCC(CO)(CO)CO[C@@H]4O[C@@H]3CO)O[C@H](CO)[C@@H](O[C@@H]3O[C@H](CO)[C@H](O[C@]4(C(=O)O)C[C@H](O)[C@@H](NC(C)=O)[C@H]([C@H](O)[C@H](O)CO)O4)[C@H](O)[C@H]3O)[C@@H]5O[C@@H]3O[C@@H](C)[C@@H](O)[C@@H](O)[C@@H]3O)O[C@@H]2CO)(C(=O)O)C[C@@H]1O. The molecule has 0 saturated carbocycles. The van der Waals surface area contributed by atoms with Gasteiger partial charge in [0.2, 0.25) is 23.6 Å². The number of hydrogen-bond acceptors (Lipinski definition) is 46. The number of fused-ring (bicyclic) bond motifs is 2. The minimum Gasteiger partial charge on any atom is -0.477 e. The Morgan fingerprint density at radius 1 is 0.437 bits per heavy atom. The highest BCUT2D eigenvalue weighted by Crippen LogP contribution is 2.44. The highest BCUT2D eigenvalue weighted by atomic mass is 16.8. The Balaban J connectivity index is 1.04. The predicted molar refractivity (Wildman–Crippen MR) is 368 cm³/mol. The van der Waals surface area contributed by atoms with Crippen LogP contribution in [0.1, 0.15) is 53.4 Å². The van der Waals surface area contributed by atoms with Crippen LogP contribution in [0, 0.1) is 5.41 Å². The minimum absolute atomic E-state index is 0.869. The van der Waals surface area contributed by atoms with Crippen molar-refractivity contribution in [3.8, 4) is 0 Å². The first-order chi connectivity index (χ1) is 56.1. The van der Waals surface area contributed by atoms with Crippen molar-refractivity contribution in [2.45, 2.75) is 310 Å². The van der Waals surface area contributed by atoms with E-state index in [0.717, 1.165) is 13.8 Å². The lowest BCUT2D eigenvalue weighted by Crippen LogP contribution is -2.71. The molecule has 52 heteroatoms. The van der Waals surface area contributed by atoms with E-state index in [2.05, 4.69) is 21.3 Å². The van der Waals surface area contributed by atoms with E-state index in [1.165, 1.54) is 13.8 Å². The molecular formula is C67H110N4O48. The predicted octanol–water partition coefficient (Wildman–Crippen LogP) is -18.7. The Bertz CT molecular complexity index is 3100. The van der Waals surface area contributed by atoms with Crippen molar-refractivity contribution >= 4 is 35.6 Å². The van der Waals surface area contributed by atoms with E-state index in [4.69, 9.17) is 75.8 Å². The summed E-state index contributed by atoms with van der Waals surface area (Å²) in [5, 5.41) is 297. The maximum Gasteiger partial charge on any atom is 0.364 e. The van der Waals surface area contributed by atoms with Gasteiger partial charge in [-0.15, -0.1) is 0 Å². The van der Waals surface area contributed by atoms with E-state index in [1.807, 2.05) is 0 Å². The minimum atomic E-state index is -3.26. The van der Waals surface area contributed by atoms with Crippen molar-refractivity contribution < 1.29 is 237 Å². The van der Waals surface area contributed by atoms with Gasteiger partial charge in [-0.1, -0.05) is 0 Å². The summed E-state index contributed by atoms with van der Waals surface area (Å²) in [6.45, 7) is -7.62. The summed E-state index contributed by atoms with van der Waals surface area (Å²) in [6, 6.07) is -7.58. The van der Waals surface area contributed by atoms with Crippen LogP contribution in [-0.2, 0) is 105 Å². The molecule has 119 heavy (non-hydrogen) atoms. The number of aliphatic hydroxyl groups is 24. The van der Waals surface area contributed by atoms with Crippen molar-refractivity contribution in [3.05, 3.63) is 0 Å². The summed E-state index contributed by atoms with van der Waals surface area (Å²) in [5.74, 6) is -15.0. The van der Waals surface area contributed by atoms with Crippen LogP contribution in [0.15, 0.2) is 0 Å². The Labute approximate surface area is 673 Å². The molecule has 0 spiro atoms. The smallest absolute Gasteiger partial charge is 0.364 e. The van der Waals surface area contributed by atoms with Gasteiger partial charge in [-0.2, -0.15) is 0 Å². The first-order valence-corrected chi connectivity index (χ1v) is 37.9. The third kappa shape index (κ3) is 21.3. The van der Waals surface area contributed by atoms with E-state index >= 15 is 0 Å². The third-order valence-electron chi connectivity index (χ3n) is 22.1. The fourth-order valence-corrected chi connectivity index (χ4v) is 15.3. The first-order valence-electron chi connectivity index (χ1n) is 37.9. The van der Waals surface area contributed by atoms with Gasteiger partial charge >= 0.3 is 11.9 Å². The molecule has 9 aliphatic rings. The van der Waals surface area contributed by atoms with E-state index < -0.39 is 389 Å². The van der Waals surface area contributed by atoms with Crippen LogP contribution in [0.3, 0.4) is 0 Å². The molecule has 9 saturated heterocycles. The zero-order chi connectivity index (χ0) is 88.1. The Kier molecular flexibility index (Phi) is 34.2. The van der Waals surface area contributed by atoms with Gasteiger partial charge in [-0.3, -0.25) is 19.2 Å². The lowest BCUT2D eigenvalue weighted by Gasteiger charge is -2.52. The number of carboxylic acid groups (broad SMARTS) is 2. The lowest BCUT2D eigenvalue weighted by atomic mass is 9.88. The summed E-state index contributed by atoms with van der Waals surface area (Å²) in [5.41, 5.74) is -2.23. The van der Waals surface area contributed by atoms with Crippen LogP contribution in [0.4, 0.5) is 0 Å². The lowest BCUT2D eigenvalue weighted by molar-refractivity contribution is -0.392. The molecule has 30 N–H and O–H groups in total. The number of aliphatic hydroxyl groups excluding tert-OH is 24. The van der Waals surface area contributed by atoms with Crippen molar-refractivity contribution in [2.24, 2.45) is 5.41 Å². The van der Waals surface area contributed by atoms with Gasteiger partial charge in [0.05, 0.1) is 108 Å². The normalized spacial score (nSPS) is 45.6. The molecule has 9 heterocycles. The van der Waals surface area contributed by atoms with Gasteiger partial charge < -0.3 is 230 Å². The number of aliphatic carboxylic acids is 2. The molecule has 0 aromatic carbocycles. The number of rotatable bonds is 28. The van der Waals surface area contributed by atoms with Gasteiger partial charge in [0.25, 0.3) is 11.6 Å². The van der Waals surface area contributed by atoms with Crippen LogP contribution in [0.2, 0.25) is 0 Å². The molecule has 9 aliphatic heterocycles. The van der Waals surface area contributed by atoms with Crippen LogP contribution in [0.25, 0.3) is 0 Å². The van der Waals surface area contributed by atoms with Crippen molar-refractivity contribution in [2.75, 3.05) is 66.1 Å². The molecule has 42 atom stereocenters. The highest BCUT2D eigenvalue weighted by molar-refractivity contribution is 5.84. The van der Waals surface area contributed by atoms with Crippen LogP contribution in [-0.4, -0.2) is 491 Å². The summed E-state index contributed by atoms with van der Waals surface area (Å²) < 4.78 is 96.4. The van der Waals surface area contributed by atoms with Gasteiger partial charge in [0.15, 0.2) is 37.7 Å². The zero-order valence-corrected chi connectivity index (χ0v) is 64.1. The third-order valence-corrected chi connectivity index (χ3v) is 22.1. The van der Waals surface area contributed by atoms with Gasteiger partial charge in [-0.05, 0) is 13.8 Å². The topological polar surface area (TPSA) is 824 Å². The average Bonchev–Trinajstić information content (AvgIpc) is 0.881. The molecule has 686 valence electrons. The fraction of sp³-hybridized carbons (Fsp3) is 0.910. The van der Waals surface area contributed by atoms with Crippen molar-refractivity contribution in [1.82, 2.24) is 21.3 Å². The number of carbonyl (C=O) groups excluding carboxylic acids is 4. The van der Waals surface area contributed by atoms with E-state index in [-0.39, 0.29) is 0 Å². The van der Waals surface area contributed by atoms with E-state index in [9.17, 15) is 162 Å². The number of nitrogens with one attached hydrogen (secondary N) is 4. The van der Waals surface area contributed by atoms with Gasteiger partial charge in [0, 0.05) is 39.5 Å². The molecule has 0 unspecified atom stereocenters. The molecular weight excluding hydrogens is 1630 g/mol. The highest BCUT2D eigenvalue weighted by Gasteiger charge is 2.65. The molecule has 9 fully saturated rings. The molecule has 0 aliphatic carbocycles. The molecule has 52 nitrogen and oxygen atoms in total. The second-order valence-electron chi connectivity index (χ2n) is 30.7. The summed E-state index contributed by atoms with van der Waals surface area (Å²) in [4.78, 5) is 80.6. The van der Waals surface area contributed by atoms with Crippen molar-refractivity contribution in [3.63, 3.8) is 0 Å². The van der Waals surface area contributed by atoms with Crippen LogP contribution in [0.5, 0.6) is 0 Å². The second kappa shape index (κ2) is 41.6. The second-order valence-corrected chi connectivity index (χ2v) is 30.7. The van der Waals surface area contributed by atoms with Crippen LogP contribution >= 0.6 is 0 Å². The first kappa shape index (κ1) is 98.0. The molecule has 0 aromatic heterocycles. The van der Waals surface area contributed by atoms with Gasteiger partial charge in [-0.25, -0.2) is 9.59 Å². The summed E-state index contributed by atoms with van der Waals surface area (Å²) in [7, 11) is 0. The van der Waals surface area contributed by atoms with Crippen molar-refractivity contribution in [1.29, 1.82) is 0 Å². The molecule has 0 bridgehead atoms. The quantitative estimate of drug-likeness (QED) is 0.0346. The monoisotopic (exact) mass is 1740 g/mol. The molecule has 9 rings (SSSR count). The van der Waals surface area contributed by atoms with Crippen LogP contribution < -0.4 is 21.3 Å². The Morgan fingerprint density at radius 3 is 1.05 bits per heavy atom. The summed E-state index contributed by atoms with van der Waals surface area (Å²) in [6.07, 6.45) is -81.7. The fourth-order valence-electron chi connectivity index (χ4n) is 15.3. The maximum atomic E-state index is 14.8. The molecule has 4 amide bonds. The molecule has 0 aromatic rings. The zero-order valence-electron chi connectivity index (χ0n) is 64.1. The number of carbonyl (C=O) groups is 6. The van der Waals surface area contributed by atoms with E-state index in [1.54, 1.807) is 0 Å². The maximum absolute atomic E-state index is 14.8. The molecule has 0 radical (unpaired) electrons. The van der Waals surface area contributed by atoms with E-state index in [0.29, 0.717) is 0 Å². The number of amides is 4. The number of hydrogen-bond donors (Lipinski definition) is 30.